The van der Waals surface area contributed by atoms with E-state index in [1.807, 2.05) is 49.6 Å². The van der Waals surface area contributed by atoms with Gasteiger partial charge in [-0.15, -0.1) is 10.2 Å². The predicted octanol–water partition coefficient (Wildman–Crippen LogP) is 2.88. The van der Waals surface area contributed by atoms with Crippen LogP contribution in [-0.2, 0) is 24.2 Å². The Hall–Kier alpha value is -1.88. The fourth-order valence-corrected chi connectivity index (χ4v) is 2.71. The Kier molecular flexibility index (Phi) is 5.77. The third-order valence-corrected chi connectivity index (χ3v) is 4.06. The summed E-state index contributed by atoms with van der Waals surface area (Å²) in [5.74, 6) is 0.917. The highest BCUT2D eigenvalue weighted by Crippen LogP contribution is 2.23. The third kappa shape index (κ3) is 4.79. The Bertz CT molecular complexity index is 666. The summed E-state index contributed by atoms with van der Waals surface area (Å²) < 4.78 is 1.98. The van der Waals surface area contributed by atoms with Gasteiger partial charge < -0.3 is 9.88 Å². The Labute approximate surface area is 142 Å². The van der Waals surface area contributed by atoms with Crippen molar-refractivity contribution in [3.63, 3.8) is 0 Å². The number of aryl methyl sites for hydroxylation is 1. The number of hydrogen-bond donors (Lipinski definition) is 1. The maximum absolute atomic E-state index is 12.5. The summed E-state index contributed by atoms with van der Waals surface area (Å²) in [5, 5.41) is 11.6. The van der Waals surface area contributed by atoms with Crippen molar-refractivity contribution in [2.24, 2.45) is 5.41 Å². The third-order valence-electron chi connectivity index (χ3n) is 3.82. The molecule has 1 aromatic heterocycles. The number of aromatic nitrogens is 3. The molecular formula is C17H23ClN4O. The molecule has 1 amide bonds. The second-order valence-corrected chi connectivity index (χ2v) is 6.67. The average Bonchev–Trinajstić information content (AvgIpc) is 2.94. The number of rotatable bonds is 7. The van der Waals surface area contributed by atoms with Gasteiger partial charge in [0.2, 0.25) is 5.91 Å². The van der Waals surface area contributed by atoms with Gasteiger partial charge in [-0.05, 0) is 31.0 Å². The normalized spacial score (nSPS) is 11.5. The van der Waals surface area contributed by atoms with Crippen LogP contribution in [0.25, 0.3) is 0 Å². The maximum Gasteiger partial charge on any atom is 0.226 e. The Balaban J connectivity index is 1.88. The van der Waals surface area contributed by atoms with E-state index in [4.69, 9.17) is 11.6 Å². The molecule has 23 heavy (non-hydrogen) atoms. The van der Waals surface area contributed by atoms with Gasteiger partial charge in [0.05, 0.1) is 0 Å². The minimum Gasteiger partial charge on any atom is -0.355 e. The lowest BCUT2D eigenvalue weighted by Crippen LogP contribution is -2.39. The smallest absolute Gasteiger partial charge is 0.226 e. The molecule has 0 fully saturated rings. The van der Waals surface area contributed by atoms with Gasteiger partial charge in [0.1, 0.15) is 12.2 Å². The van der Waals surface area contributed by atoms with Crippen LogP contribution in [0.3, 0.4) is 0 Å². The molecule has 1 heterocycles. The van der Waals surface area contributed by atoms with Crippen LogP contribution in [0, 0.1) is 5.41 Å². The van der Waals surface area contributed by atoms with Crippen LogP contribution in [0.5, 0.6) is 0 Å². The van der Waals surface area contributed by atoms with E-state index in [-0.39, 0.29) is 5.91 Å². The molecule has 0 spiro atoms. The lowest BCUT2D eigenvalue weighted by Gasteiger charge is -2.23. The Morgan fingerprint density at radius 1 is 1.39 bits per heavy atom. The van der Waals surface area contributed by atoms with Crippen molar-refractivity contribution >= 4 is 17.5 Å². The number of carbonyl (C=O) groups excluding carboxylic acids is 1. The first kappa shape index (κ1) is 17.5. The SMILES string of the molecule is CCn1cnnc1CCNC(=O)C(C)(C)Cc1cccc(Cl)c1. The highest BCUT2D eigenvalue weighted by atomic mass is 35.5. The lowest BCUT2D eigenvalue weighted by atomic mass is 9.85. The standard InChI is InChI=1S/C17H23ClN4O/c1-4-22-12-20-21-15(22)8-9-19-16(23)17(2,3)11-13-6-5-7-14(18)10-13/h5-7,10,12H,4,8-9,11H2,1-3H3,(H,19,23). The number of halogens is 1. The summed E-state index contributed by atoms with van der Waals surface area (Å²) in [4.78, 5) is 12.5. The summed E-state index contributed by atoms with van der Waals surface area (Å²) >= 11 is 6.01. The summed E-state index contributed by atoms with van der Waals surface area (Å²) in [6.45, 7) is 7.31. The Morgan fingerprint density at radius 3 is 2.87 bits per heavy atom. The van der Waals surface area contributed by atoms with E-state index in [1.165, 1.54) is 0 Å². The molecule has 0 aliphatic carbocycles. The zero-order valence-electron chi connectivity index (χ0n) is 13.8. The molecule has 1 aromatic carbocycles. The van der Waals surface area contributed by atoms with Gasteiger partial charge in [-0.2, -0.15) is 0 Å². The number of amides is 1. The summed E-state index contributed by atoms with van der Waals surface area (Å²) in [6, 6.07) is 7.64. The molecule has 0 atom stereocenters. The van der Waals surface area contributed by atoms with Gasteiger partial charge in [-0.25, -0.2) is 0 Å². The largest absolute Gasteiger partial charge is 0.355 e. The van der Waals surface area contributed by atoms with E-state index >= 15 is 0 Å². The highest BCUT2D eigenvalue weighted by molar-refractivity contribution is 6.30. The van der Waals surface area contributed by atoms with Gasteiger partial charge in [0.25, 0.3) is 0 Å². The molecule has 0 aliphatic heterocycles. The van der Waals surface area contributed by atoms with Gasteiger partial charge in [-0.3, -0.25) is 4.79 Å². The summed E-state index contributed by atoms with van der Waals surface area (Å²) in [5.41, 5.74) is 0.562. The molecule has 0 aliphatic rings. The van der Waals surface area contributed by atoms with E-state index in [2.05, 4.69) is 15.5 Å². The Morgan fingerprint density at radius 2 is 2.17 bits per heavy atom. The number of benzene rings is 1. The lowest BCUT2D eigenvalue weighted by molar-refractivity contribution is -0.129. The first-order chi connectivity index (χ1) is 10.9. The minimum absolute atomic E-state index is 0.0278. The number of nitrogens with zero attached hydrogens (tertiary/aromatic N) is 3. The fourth-order valence-electron chi connectivity index (χ4n) is 2.50. The molecule has 5 nitrogen and oxygen atoms in total. The average molecular weight is 335 g/mol. The summed E-state index contributed by atoms with van der Waals surface area (Å²) in [7, 11) is 0. The van der Waals surface area contributed by atoms with Crippen LogP contribution < -0.4 is 5.32 Å². The molecule has 0 saturated carbocycles. The number of nitrogens with one attached hydrogen (secondary N) is 1. The van der Waals surface area contributed by atoms with Crippen molar-refractivity contribution in [1.29, 1.82) is 0 Å². The van der Waals surface area contributed by atoms with Crippen molar-refractivity contribution in [2.45, 2.75) is 40.2 Å². The first-order valence-corrected chi connectivity index (χ1v) is 8.19. The van der Waals surface area contributed by atoms with E-state index < -0.39 is 5.41 Å². The molecule has 0 unspecified atom stereocenters. The van der Waals surface area contributed by atoms with Crippen LogP contribution in [0.4, 0.5) is 0 Å². The van der Waals surface area contributed by atoms with E-state index in [0.717, 1.165) is 17.9 Å². The molecule has 0 radical (unpaired) electrons. The quantitative estimate of drug-likeness (QED) is 0.847. The van der Waals surface area contributed by atoms with Crippen molar-refractivity contribution < 1.29 is 4.79 Å². The van der Waals surface area contributed by atoms with Gasteiger partial charge >= 0.3 is 0 Å². The van der Waals surface area contributed by atoms with Crippen LogP contribution in [0.15, 0.2) is 30.6 Å². The van der Waals surface area contributed by atoms with Gasteiger partial charge in [-0.1, -0.05) is 37.6 Å². The molecule has 1 N–H and O–H groups in total. The molecule has 0 saturated heterocycles. The van der Waals surface area contributed by atoms with E-state index in [1.54, 1.807) is 6.33 Å². The highest BCUT2D eigenvalue weighted by Gasteiger charge is 2.27. The zero-order valence-corrected chi connectivity index (χ0v) is 14.6. The molecule has 124 valence electrons. The summed E-state index contributed by atoms with van der Waals surface area (Å²) in [6.07, 6.45) is 3.03. The topological polar surface area (TPSA) is 59.8 Å². The maximum atomic E-state index is 12.5. The molecule has 2 rings (SSSR count). The van der Waals surface area contributed by atoms with Crippen LogP contribution in [0.1, 0.15) is 32.2 Å². The molecule has 0 bridgehead atoms. The minimum atomic E-state index is -0.497. The van der Waals surface area contributed by atoms with Crippen molar-refractivity contribution in [3.05, 3.63) is 47.0 Å². The van der Waals surface area contributed by atoms with Crippen molar-refractivity contribution in [2.75, 3.05) is 6.54 Å². The van der Waals surface area contributed by atoms with E-state index in [0.29, 0.717) is 24.4 Å². The zero-order chi connectivity index (χ0) is 16.9. The van der Waals surface area contributed by atoms with Crippen LogP contribution in [-0.4, -0.2) is 27.2 Å². The molecule has 6 heteroatoms. The van der Waals surface area contributed by atoms with Gasteiger partial charge in [0.15, 0.2) is 0 Å². The van der Waals surface area contributed by atoms with Crippen molar-refractivity contribution in [3.8, 4) is 0 Å². The number of hydrogen-bond acceptors (Lipinski definition) is 3. The second-order valence-electron chi connectivity index (χ2n) is 6.23. The predicted molar refractivity (Wildman–Crippen MR) is 91.3 cm³/mol. The van der Waals surface area contributed by atoms with Gasteiger partial charge in [0, 0.05) is 29.9 Å². The van der Waals surface area contributed by atoms with E-state index in [9.17, 15) is 4.79 Å². The molecule has 2 aromatic rings. The monoisotopic (exact) mass is 334 g/mol. The van der Waals surface area contributed by atoms with Crippen LogP contribution in [0.2, 0.25) is 5.02 Å². The fraction of sp³-hybridized carbons (Fsp3) is 0.471. The second kappa shape index (κ2) is 7.59. The van der Waals surface area contributed by atoms with Crippen molar-refractivity contribution in [1.82, 2.24) is 20.1 Å². The van der Waals surface area contributed by atoms with Crippen LogP contribution >= 0.6 is 11.6 Å². The molecular weight excluding hydrogens is 312 g/mol. The first-order valence-electron chi connectivity index (χ1n) is 7.82. The number of carbonyl (C=O) groups is 1.